The topological polar surface area (TPSA) is 60.2 Å². The van der Waals surface area contributed by atoms with Gasteiger partial charge in [0.15, 0.2) is 0 Å². The highest BCUT2D eigenvalue weighted by Crippen LogP contribution is 2.31. The van der Waals surface area contributed by atoms with Gasteiger partial charge >= 0.3 is 0 Å². The van der Waals surface area contributed by atoms with Crippen molar-refractivity contribution in [1.82, 2.24) is 10.3 Å². The Morgan fingerprint density at radius 3 is 2.74 bits per heavy atom. The molecule has 0 spiro atoms. The van der Waals surface area contributed by atoms with Crippen LogP contribution < -0.4 is 15.8 Å². The van der Waals surface area contributed by atoms with Crippen molar-refractivity contribution in [2.24, 2.45) is 0 Å². The van der Waals surface area contributed by atoms with E-state index in [0.29, 0.717) is 0 Å². The quantitative estimate of drug-likeness (QED) is 0.909. The summed E-state index contributed by atoms with van der Waals surface area (Å²) in [6.07, 6.45) is 3.48. The van der Waals surface area contributed by atoms with Gasteiger partial charge in [-0.25, -0.2) is 0 Å². The van der Waals surface area contributed by atoms with Gasteiger partial charge in [-0.1, -0.05) is 6.07 Å². The molecular formula is C14H16BrN3O. The molecule has 0 aliphatic heterocycles. The summed E-state index contributed by atoms with van der Waals surface area (Å²) in [5.74, 6) is 0.803. The van der Waals surface area contributed by atoms with Crippen LogP contribution in [0.5, 0.6) is 5.75 Å². The zero-order chi connectivity index (χ0) is 13.8. The zero-order valence-electron chi connectivity index (χ0n) is 10.9. The SMILES string of the molecule is CNC(c1ccc(OC)c(Br)c1)c1cnccc1N. The fourth-order valence-electron chi connectivity index (χ4n) is 2.02. The van der Waals surface area contributed by atoms with Gasteiger partial charge in [0.25, 0.3) is 0 Å². The Labute approximate surface area is 121 Å². The fraction of sp³-hybridized carbons (Fsp3) is 0.214. The van der Waals surface area contributed by atoms with E-state index in [1.165, 1.54) is 0 Å². The van der Waals surface area contributed by atoms with Crippen LogP contribution in [-0.4, -0.2) is 19.1 Å². The molecule has 1 aromatic carbocycles. The van der Waals surface area contributed by atoms with Gasteiger partial charge in [-0.05, 0) is 46.7 Å². The number of nitrogens with one attached hydrogen (secondary N) is 1. The number of hydrogen-bond acceptors (Lipinski definition) is 4. The number of anilines is 1. The summed E-state index contributed by atoms with van der Waals surface area (Å²) >= 11 is 3.50. The maximum absolute atomic E-state index is 6.01. The van der Waals surface area contributed by atoms with E-state index in [-0.39, 0.29) is 6.04 Å². The first-order valence-corrected chi connectivity index (χ1v) is 6.66. The van der Waals surface area contributed by atoms with E-state index >= 15 is 0 Å². The van der Waals surface area contributed by atoms with Crippen molar-refractivity contribution in [3.8, 4) is 5.75 Å². The summed E-state index contributed by atoms with van der Waals surface area (Å²) in [5.41, 5.74) is 8.79. The number of ether oxygens (including phenoxy) is 1. The normalized spacial score (nSPS) is 12.2. The van der Waals surface area contributed by atoms with Crippen LogP contribution in [0.4, 0.5) is 5.69 Å². The molecule has 3 N–H and O–H groups in total. The number of rotatable bonds is 4. The average molecular weight is 322 g/mol. The average Bonchev–Trinajstić information content (AvgIpc) is 2.42. The van der Waals surface area contributed by atoms with Gasteiger partial charge in [0.1, 0.15) is 5.75 Å². The van der Waals surface area contributed by atoms with Crippen molar-refractivity contribution in [3.05, 3.63) is 52.3 Å². The van der Waals surface area contributed by atoms with E-state index < -0.39 is 0 Å². The van der Waals surface area contributed by atoms with E-state index in [0.717, 1.165) is 27.0 Å². The lowest BCUT2D eigenvalue weighted by Crippen LogP contribution is -2.19. The first kappa shape index (κ1) is 13.8. The standard InChI is InChI=1S/C14H16BrN3O/c1-17-14(10-8-18-6-5-12(10)16)9-3-4-13(19-2)11(15)7-9/h3-8,14,17H,1-2H3,(H2,16,18). The third-order valence-electron chi connectivity index (χ3n) is 3.00. The molecule has 2 aromatic rings. The predicted molar refractivity (Wildman–Crippen MR) is 80.2 cm³/mol. The molecule has 1 atom stereocenters. The van der Waals surface area contributed by atoms with Crippen LogP contribution in [0.2, 0.25) is 0 Å². The van der Waals surface area contributed by atoms with Crippen LogP contribution in [0, 0.1) is 0 Å². The molecule has 1 aromatic heterocycles. The third kappa shape index (κ3) is 2.88. The number of aromatic nitrogens is 1. The smallest absolute Gasteiger partial charge is 0.133 e. The van der Waals surface area contributed by atoms with Gasteiger partial charge in [-0.3, -0.25) is 4.98 Å². The molecule has 19 heavy (non-hydrogen) atoms. The van der Waals surface area contributed by atoms with Crippen molar-refractivity contribution in [2.75, 3.05) is 19.9 Å². The van der Waals surface area contributed by atoms with E-state index in [4.69, 9.17) is 10.5 Å². The van der Waals surface area contributed by atoms with Crippen LogP contribution in [0.25, 0.3) is 0 Å². The molecule has 0 aliphatic carbocycles. The first-order chi connectivity index (χ1) is 9.17. The summed E-state index contributed by atoms with van der Waals surface area (Å²) in [4.78, 5) is 4.14. The predicted octanol–water partition coefficient (Wildman–Crippen LogP) is 2.74. The van der Waals surface area contributed by atoms with E-state index in [1.54, 1.807) is 25.6 Å². The summed E-state index contributed by atoms with van der Waals surface area (Å²) in [5, 5.41) is 3.26. The molecule has 0 fully saturated rings. The lowest BCUT2D eigenvalue weighted by molar-refractivity contribution is 0.412. The van der Waals surface area contributed by atoms with Crippen molar-refractivity contribution >= 4 is 21.6 Å². The summed E-state index contributed by atoms with van der Waals surface area (Å²) in [6, 6.07) is 7.76. The van der Waals surface area contributed by atoms with Crippen LogP contribution in [-0.2, 0) is 0 Å². The van der Waals surface area contributed by atoms with Crippen molar-refractivity contribution in [1.29, 1.82) is 0 Å². The number of hydrogen-bond donors (Lipinski definition) is 2. The van der Waals surface area contributed by atoms with Gasteiger partial charge in [-0.2, -0.15) is 0 Å². The lowest BCUT2D eigenvalue weighted by atomic mass is 9.99. The lowest BCUT2D eigenvalue weighted by Gasteiger charge is -2.19. The molecule has 0 saturated heterocycles. The number of pyridine rings is 1. The van der Waals surface area contributed by atoms with Crippen molar-refractivity contribution in [3.63, 3.8) is 0 Å². The van der Waals surface area contributed by atoms with Crippen molar-refractivity contribution in [2.45, 2.75) is 6.04 Å². The van der Waals surface area contributed by atoms with Crippen molar-refractivity contribution < 1.29 is 4.74 Å². The van der Waals surface area contributed by atoms with Gasteiger partial charge in [0, 0.05) is 23.6 Å². The molecule has 4 nitrogen and oxygen atoms in total. The molecule has 100 valence electrons. The Balaban J connectivity index is 2.43. The fourth-order valence-corrected chi connectivity index (χ4v) is 2.58. The van der Waals surface area contributed by atoms with Gasteiger partial charge in [0.2, 0.25) is 0 Å². The molecule has 0 bridgehead atoms. The second-order valence-corrected chi connectivity index (χ2v) is 4.97. The monoisotopic (exact) mass is 321 g/mol. The van der Waals surface area contributed by atoms with Crippen LogP contribution in [0.1, 0.15) is 17.2 Å². The maximum Gasteiger partial charge on any atom is 0.133 e. The Bertz CT molecular complexity index is 574. The number of nitrogen functional groups attached to an aromatic ring is 1. The highest BCUT2D eigenvalue weighted by Gasteiger charge is 2.16. The Hall–Kier alpha value is -1.59. The zero-order valence-corrected chi connectivity index (χ0v) is 12.4. The second-order valence-electron chi connectivity index (χ2n) is 4.12. The Kier molecular flexibility index (Phi) is 4.39. The van der Waals surface area contributed by atoms with E-state index in [2.05, 4.69) is 26.2 Å². The molecule has 0 aliphatic rings. The molecule has 1 unspecified atom stereocenters. The molecular weight excluding hydrogens is 306 g/mol. The minimum Gasteiger partial charge on any atom is -0.496 e. The largest absolute Gasteiger partial charge is 0.496 e. The summed E-state index contributed by atoms with van der Waals surface area (Å²) in [7, 11) is 3.55. The molecule has 2 rings (SSSR count). The van der Waals surface area contributed by atoms with E-state index in [9.17, 15) is 0 Å². The number of nitrogens with two attached hydrogens (primary N) is 1. The first-order valence-electron chi connectivity index (χ1n) is 5.87. The molecule has 0 radical (unpaired) electrons. The van der Waals surface area contributed by atoms with Crippen LogP contribution >= 0.6 is 15.9 Å². The minimum atomic E-state index is -0.00379. The maximum atomic E-state index is 6.01. The number of benzene rings is 1. The van der Waals surface area contributed by atoms with Gasteiger partial charge in [-0.15, -0.1) is 0 Å². The highest BCUT2D eigenvalue weighted by atomic mass is 79.9. The third-order valence-corrected chi connectivity index (χ3v) is 3.62. The van der Waals surface area contributed by atoms with E-state index in [1.807, 2.05) is 25.2 Å². The minimum absolute atomic E-state index is 0.00379. The summed E-state index contributed by atoms with van der Waals surface area (Å²) in [6.45, 7) is 0. The Morgan fingerprint density at radius 1 is 1.37 bits per heavy atom. The number of halogens is 1. The summed E-state index contributed by atoms with van der Waals surface area (Å²) < 4.78 is 6.15. The van der Waals surface area contributed by atoms with Gasteiger partial charge in [0.05, 0.1) is 17.6 Å². The number of nitrogens with zero attached hydrogens (tertiary/aromatic N) is 1. The Morgan fingerprint density at radius 2 is 2.16 bits per heavy atom. The highest BCUT2D eigenvalue weighted by molar-refractivity contribution is 9.10. The molecule has 1 heterocycles. The van der Waals surface area contributed by atoms with Gasteiger partial charge < -0.3 is 15.8 Å². The molecule has 5 heteroatoms. The molecule has 0 amide bonds. The van der Waals surface area contributed by atoms with Crippen LogP contribution in [0.3, 0.4) is 0 Å². The van der Waals surface area contributed by atoms with Crippen LogP contribution in [0.15, 0.2) is 41.1 Å². The number of methoxy groups -OCH3 is 1. The second kappa shape index (κ2) is 6.04. The molecule has 0 saturated carbocycles.